The number of nitrogens with one attached hydrogen (secondary N) is 2. The number of hydrogen-bond donors (Lipinski definition) is 2. The molecule has 3 amide bonds. The predicted molar refractivity (Wildman–Crippen MR) is 157 cm³/mol. The van der Waals surface area contributed by atoms with Crippen LogP contribution in [0.25, 0.3) is 0 Å². The molecular formula is C30H39ClFN3O7S. The molecule has 4 atom stereocenters. The van der Waals surface area contributed by atoms with Gasteiger partial charge in [-0.3, -0.25) is 14.4 Å². The van der Waals surface area contributed by atoms with Crippen LogP contribution in [0, 0.1) is 17.2 Å². The Balaban J connectivity index is 1.58. The minimum absolute atomic E-state index is 0.0193. The van der Waals surface area contributed by atoms with Crippen molar-refractivity contribution in [2.45, 2.75) is 101 Å². The predicted octanol–water partition coefficient (Wildman–Crippen LogP) is 4.65. The van der Waals surface area contributed by atoms with Gasteiger partial charge in [-0.05, 0) is 83.4 Å². The second kappa shape index (κ2) is 12.9. The first-order valence-electron chi connectivity index (χ1n) is 14.6. The number of Topliss-reactive ketones (excluding diaryl/α,β-unsaturated/α-hetero) is 1. The van der Waals surface area contributed by atoms with Crippen molar-refractivity contribution in [3.8, 4) is 0 Å². The summed E-state index contributed by atoms with van der Waals surface area (Å²) in [5.41, 5.74) is -2.12. The largest absolute Gasteiger partial charge is 0.444 e. The number of ether oxygens (including phenoxy) is 1. The molecule has 43 heavy (non-hydrogen) atoms. The summed E-state index contributed by atoms with van der Waals surface area (Å²) in [5.74, 6) is -3.12. The number of amides is 3. The van der Waals surface area contributed by atoms with Crippen LogP contribution in [0.4, 0.5) is 9.18 Å². The summed E-state index contributed by atoms with van der Waals surface area (Å²) >= 11 is 5.87. The summed E-state index contributed by atoms with van der Waals surface area (Å²) in [6, 6.07) is 1.30. The standard InChI is InChI=1S/C30H39ClFN3O7S/c1-29(2,3)42-28(39)33-22-11-8-6-4-5-7-10-19-17-30(19,18-24(36)23-12-9-15-35(23)26(22)37)27(38)34-43(40,41)25-16-20(31)13-14-21(25)32/h7,10,13-14,16,19,22-23H,4-6,8-9,11-12,15,17-18H2,1-3H3,(H,33,39)(H,34,38)/b10-7-/t19-,22+,23+,30-/m1/s1. The van der Waals surface area contributed by atoms with E-state index in [1.165, 1.54) is 11.0 Å². The van der Waals surface area contributed by atoms with E-state index in [9.17, 15) is 32.0 Å². The normalized spacial score (nSPS) is 27.7. The molecule has 10 nitrogen and oxygen atoms in total. The van der Waals surface area contributed by atoms with Crippen LogP contribution >= 0.6 is 11.6 Å². The molecule has 0 aromatic heterocycles. The highest BCUT2D eigenvalue weighted by atomic mass is 35.5. The Hall–Kier alpha value is -2.99. The Morgan fingerprint density at radius 1 is 1.12 bits per heavy atom. The van der Waals surface area contributed by atoms with E-state index >= 15 is 0 Å². The Kier molecular flexibility index (Phi) is 9.90. The Labute approximate surface area is 256 Å². The third-order valence-electron chi connectivity index (χ3n) is 8.11. The number of allylic oxidation sites excluding steroid dienone is 2. The average molecular weight is 640 g/mol. The van der Waals surface area contributed by atoms with Crippen molar-refractivity contribution in [2.75, 3.05) is 6.54 Å². The quantitative estimate of drug-likeness (QED) is 0.457. The van der Waals surface area contributed by atoms with Gasteiger partial charge in [0.1, 0.15) is 22.4 Å². The number of benzene rings is 1. The SMILES string of the molecule is CC(C)(C)OC(=O)N[C@H]1CCCCC/C=C\[C@@H]2C[C@@]2(C(=O)NS(=O)(=O)c2cc(Cl)ccc2F)CC(=O)[C@@H]2CCCN2C1=O. The van der Waals surface area contributed by atoms with Gasteiger partial charge in [0.05, 0.1) is 11.5 Å². The van der Waals surface area contributed by atoms with E-state index in [-0.39, 0.29) is 29.6 Å². The zero-order valence-electron chi connectivity index (χ0n) is 24.7. The molecule has 3 aliphatic rings. The van der Waals surface area contributed by atoms with Gasteiger partial charge in [0.25, 0.3) is 10.0 Å². The Bertz CT molecular complexity index is 1410. The van der Waals surface area contributed by atoms with E-state index in [4.69, 9.17) is 16.3 Å². The van der Waals surface area contributed by atoms with Crippen LogP contribution in [0.3, 0.4) is 0 Å². The van der Waals surface area contributed by atoms with Crippen molar-refractivity contribution in [3.63, 3.8) is 0 Å². The molecule has 1 saturated carbocycles. The molecule has 1 aromatic rings. The van der Waals surface area contributed by atoms with Gasteiger partial charge < -0.3 is 15.0 Å². The second-order valence-corrected chi connectivity index (χ2v) is 14.7. The lowest BCUT2D eigenvalue weighted by Crippen LogP contribution is -2.52. The number of carbonyl (C=O) groups excluding carboxylic acids is 4. The molecule has 2 aliphatic heterocycles. The van der Waals surface area contributed by atoms with Gasteiger partial charge in [-0.1, -0.05) is 36.6 Å². The van der Waals surface area contributed by atoms with E-state index < -0.39 is 61.8 Å². The molecule has 4 rings (SSSR count). The molecule has 13 heteroatoms. The third-order valence-corrected chi connectivity index (χ3v) is 9.70. The Morgan fingerprint density at radius 2 is 1.86 bits per heavy atom. The minimum atomic E-state index is -4.63. The fourth-order valence-electron chi connectivity index (χ4n) is 5.84. The highest BCUT2D eigenvalue weighted by Crippen LogP contribution is 2.57. The van der Waals surface area contributed by atoms with Crippen molar-refractivity contribution in [2.24, 2.45) is 11.3 Å². The highest BCUT2D eigenvalue weighted by molar-refractivity contribution is 7.90. The van der Waals surface area contributed by atoms with E-state index in [0.29, 0.717) is 38.6 Å². The number of alkyl carbamates (subject to hydrolysis) is 1. The van der Waals surface area contributed by atoms with Gasteiger partial charge in [-0.2, -0.15) is 0 Å². The lowest BCUT2D eigenvalue weighted by atomic mass is 9.91. The van der Waals surface area contributed by atoms with Gasteiger partial charge in [0.15, 0.2) is 5.78 Å². The molecule has 0 radical (unpaired) electrons. The molecule has 0 unspecified atom stereocenters. The first-order valence-corrected chi connectivity index (χ1v) is 16.5. The van der Waals surface area contributed by atoms with E-state index in [1.54, 1.807) is 20.8 Å². The molecular weight excluding hydrogens is 601 g/mol. The summed E-state index contributed by atoms with van der Waals surface area (Å²) in [5, 5.41) is 2.67. The molecule has 236 valence electrons. The number of hydrogen-bond acceptors (Lipinski definition) is 7. The Morgan fingerprint density at radius 3 is 2.58 bits per heavy atom. The number of rotatable bonds is 4. The summed E-state index contributed by atoms with van der Waals surface area (Å²) in [6.07, 6.45) is 7.23. The highest BCUT2D eigenvalue weighted by Gasteiger charge is 2.61. The van der Waals surface area contributed by atoms with Crippen molar-refractivity contribution in [3.05, 3.63) is 41.2 Å². The first-order chi connectivity index (χ1) is 20.1. The van der Waals surface area contributed by atoms with Crippen LogP contribution in [0.15, 0.2) is 35.2 Å². The topological polar surface area (TPSA) is 139 Å². The van der Waals surface area contributed by atoms with Crippen LogP contribution < -0.4 is 10.0 Å². The molecule has 2 fully saturated rings. The maximum atomic E-state index is 14.4. The number of carbonyl (C=O) groups is 4. The molecule has 0 spiro atoms. The summed E-state index contributed by atoms with van der Waals surface area (Å²) < 4.78 is 47.7. The molecule has 1 saturated heterocycles. The lowest BCUT2D eigenvalue weighted by Gasteiger charge is -2.30. The van der Waals surface area contributed by atoms with Crippen molar-refractivity contribution >= 4 is 45.3 Å². The molecule has 2 heterocycles. The third kappa shape index (κ3) is 7.94. The minimum Gasteiger partial charge on any atom is -0.444 e. The van der Waals surface area contributed by atoms with Crippen molar-refractivity contribution in [1.82, 2.24) is 14.9 Å². The van der Waals surface area contributed by atoms with Crippen molar-refractivity contribution in [1.29, 1.82) is 0 Å². The van der Waals surface area contributed by atoms with Crippen LogP contribution in [-0.2, 0) is 29.1 Å². The average Bonchev–Trinajstić information content (AvgIpc) is 3.36. The number of nitrogens with zero attached hydrogens (tertiary/aromatic N) is 1. The number of ketones is 1. The number of fused-ring (bicyclic) bond motifs is 2. The smallest absolute Gasteiger partial charge is 0.408 e. The fraction of sp³-hybridized carbons (Fsp3) is 0.600. The van der Waals surface area contributed by atoms with Crippen LogP contribution in [0.5, 0.6) is 0 Å². The van der Waals surface area contributed by atoms with Gasteiger partial charge in [-0.15, -0.1) is 0 Å². The van der Waals surface area contributed by atoms with E-state index in [2.05, 4.69) is 5.32 Å². The maximum Gasteiger partial charge on any atom is 0.408 e. The monoisotopic (exact) mass is 639 g/mol. The second-order valence-electron chi connectivity index (χ2n) is 12.6. The van der Waals surface area contributed by atoms with Crippen molar-refractivity contribution < 1.29 is 36.7 Å². The van der Waals surface area contributed by atoms with E-state index in [0.717, 1.165) is 25.0 Å². The summed E-state index contributed by atoms with van der Waals surface area (Å²) in [6.45, 7) is 5.48. The zero-order chi connectivity index (χ0) is 31.6. The molecule has 1 aliphatic carbocycles. The van der Waals surface area contributed by atoms with Gasteiger partial charge in [0.2, 0.25) is 11.8 Å². The molecule has 2 N–H and O–H groups in total. The maximum absolute atomic E-state index is 14.4. The number of sulfonamides is 1. The summed E-state index contributed by atoms with van der Waals surface area (Å²) in [4.78, 5) is 54.3. The fourth-order valence-corrected chi connectivity index (χ4v) is 7.24. The molecule has 0 bridgehead atoms. The van der Waals surface area contributed by atoms with Crippen LogP contribution in [-0.4, -0.2) is 61.2 Å². The van der Waals surface area contributed by atoms with Gasteiger partial charge in [-0.25, -0.2) is 22.3 Å². The zero-order valence-corrected chi connectivity index (χ0v) is 26.2. The first kappa shape index (κ1) is 32.9. The lowest BCUT2D eigenvalue weighted by molar-refractivity contribution is -0.140. The summed E-state index contributed by atoms with van der Waals surface area (Å²) in [7, 11) is -4.63. The number of halogens is 2. The van der Waals surface area contributed by atoms with Gasteiger partial charge in [0, 0.05) is 18.0 Å². The van der Waals surface area contributed by atoms with E-state index in [1.807, 2.05) is 16.9 Å². The molecule has 1 aromatic carbocycles. The van der Waals surface area contributed by atoms with Crippen LogP contribution in [0.2, 0.25) is 5.02 Å². The van der Waals surface area contributed by atoms with Crippen LogP contribution in [0.1, 0.15) is 78.6 Å². The van der Waals surface area contributed by atoms with Gasteiger partial charge >= 0.3 is 6.09 Å².